The standard InChI is InChI=1S/C32H31Cl2N7O7S2/c1-48-32(43)27-12-19(2-11-28(27)39-50(46,47)26-16-37-40(18-26)24-7-3-21(33)4-8-24)15-36-23-13-20(14-23)31(42)30-29(49(35,44)45)17-38-41(30)25-9-5-22(34)6-10-25/h2-12,16-18,20,23,31,36,39,42H,13-15H2,1H3,(H2,35,44,45). The van der Waals surface area contributed by atoms with Crippen LogP contribution in [0.25, 0.3) is 11.4 Å². The number of primary sulfonamides is 1. The summed E-state index contributed by atoms with van der Waals surface area (Å²) < 4.78 is 61.3. The van der Waals surface area contributed by atoms with Crippen LogP contribution in [0.3, 0.4) is 0 Å². The zero-order valence-electron chi connectivity index (χ0n) is 26.3. The van der Waals surface area contributed by atoms with Gasteiger partial charge < -0.3 is 15.2 Å². The summed E-state index contributed by atoms with van der Waals surface area (Å²) in [6.45, 7) is 0.309. The number of benzene rings is 3. The maximum absolute atomic E-state index is 13.3. The molecule has 3 aromatic carbocycles. The Balaban J connectivity index is 1.12. The second kappa shape index (κ2) is 14.1. The van der Waals surface area contributed by atoms with Crippen molar-refractivity contribution < 1.29 is 31.5 Å². The Hall–Kier alpha value is -4.29. The van der Waals surface area contributed by atoms with Gasteiger partial charge >= 0.3 is 5.97 Å². The number of halogens is 2. The number of aliphatic hydroxyl groups excluding tert-OH is 1. The number of nitrogens with one attached hydrogen (secondary N) is 2. The Morgan fingerprint density at radius 2 is 1.62 bits per heavy atom. The molecule has 1 atom stereocenters. The topological polar surface area (TPSA) is 201 Å². The predicted octanol–water partition coefficient (Wildman–Crippen LogP) is 4.20. The van der Waals surface area contributed by atoms with E-state index < -0.39 is 32.1 Å². The fourth-order valence-corrected chi connectivity index (χ4v) is 7.60. The number of sulfonamides is 2. The van der Waals surface area contributed by atoms with Gasteiger partial charge in [-0.25, -0.2) is 36.1 Å². The molecule has 18 heteroatoms. The van der Waals surface area contributed by atoms with Crippen LogP contribution < -0.4 is 15.2 Å². The maximum atomic E-state index is 13.3. The number of aromatic nitrogens is 4. The third kappa shape index (κ3) is 7.56. The predicted molar refractivity (Wildman–Crippen MR) is 185 cm³/mol. The van der Waals surface area contributed by atoms with Gasteiger partial charge in [-0.05, 0) is 85.0 Å². The lowest BCUT2D eigenvalue weighted by Crippen LogP contribution is -2.43. The average Bonchev–Trinajstić information content (AvgIpc) is 3.74. The third-order valence-electron chi connectivity index (χ3n) is 8.34. The Morgan fingerprint density at radius 1 is 0.980 bits per heavy atom. The summed E-state index contributed by atoms with van der Waals surface area (Å²) >= 11 is 11.9. The lowest BCUT2D eigenvalue weighted by molar-refractivity contribution is 0.0340. The van der Waals surface area contributed by atoms with Crippen LogP contribution in [0.15, 0.2) is 95.1 Å². The number of ether oxygens (including phenoxy) is 1. The van der Waals surface area contributed by atoms with E-state index in [0.717, 1.165) is 6.20 Å². The molecule has 0 radical (unpaired) electrons. The van der Waals surface area contributed by atoms with Gasteiger partial charge in [-0.2, -0.15) is 10.2 Å². The summed E-state index contributed by atoms with van der Waals surface area (Å²) in [6.07, 6.45) is 3.47. The smallest absolute Gasteiger partial charge is 0.340 e. The number of anilines is 1. The fraction of sp³-hybridized carbons (Fsp3) is 0.219. The summed E-state index contributed by atoms with van der Waals surface area (Å²) in [7, 11) is -7.12. The number of hydrogen-bond acceptors (Lipinski definition) is 10. The first-order valence-electron chi connectivity index (χ1n) is 15.1. The molecule has 0 amide bonds. The molecule has 2 aromatic heterocycles. The molecule has 0 saturated heterocycles. The molecular formula is C32H31Cl2N7O7S2. The Morgan fingerprint density at radius 3 is 2.24 bits per heavy atom. The van der Waals surface area contributed by atoms with Crippen LogP contribution in [0.1, 0.15) is 40.6 Å². The summed E-state index contributed by atoms with van der Waals surface area (Å²) in [5.41, 5.74) is 1.88. The van der Waals surface area contributed by atoms with Gasteiger partial charge in [0.2, 0.25) is 10.0 Å². The lowest BCUT2D eigenvalue weighted by Gasteiger charge is -2.39. The largest absolute Gasteiger partial charge is 0.465 e. The highest BCUT2D eigenvalue weighted by molar-refractivity contribution is 7.92. The number of nitrogens with two attached hydrogens (primary N) is 1. The van der Waals surface area contributed by atoms with Crippen LogP contribution in [-0.4, -0.2) is 60.6 Å². The maximum Gasteiger partial charge on any atom is 0.340 e. The summed E-state index contributed by atoms with van der Waals surface area (Å²) in [4.78, 5) is 12.3. The highest BCUT2D eigenvalue weighted by Gasteiger charge is 2.39. The molecule has 14 nitrogen and oxygen atoms in total. The number of carbonyl (C=O) groups is 1. The van der Waals surface area contributed by atoms with Crippen molar-refractivity contribution in [1.29, 1.82) is 0 Å². The molecule has 6 rings (SSSR count). The number of esters is 1. The summed E-state index contributed by atoms with van der Waals surface area (Å²) in [5, 5.41) is 29.5. The molecule has 0 bridgehead atoms. The molecular weight excluding hydrogens is 729 g/mol. The fourth-order valence-electron chi connectivity index (χ4n) is 5.65. The van der Waals surface area contributed by atoms with Crippen molar-refractivity contribution in [2.75, 3.05) is 11.8 Å². The molecule has 2 heterocycles. The SMILES string of the molecule is COC(=O)c1cc(CNC2CC(C(O)c3c(S(N)(=O)=O)cnn3-c3ccc(Cl)cc3)C2)ccc1NS(=O)(=O)c1cnn(-c2ccc(Cl)cc2)c1. The van der Waals surface area contributed by atoms with Gasteiger partial charge in [-0.1, -0.05) is 29.3 Å². The van der Waals surface area contributed by atoms with Crippen molar-refractivity contribution in [1.82, 2.24) is 24.9 Å². The molecule has 50 heavy (non-hydrogen) atoms. The van der Waals surface area contributed by atoms with Gasteiger partial charge in [0, 0.05) is 22.6 Å². The van der Waals surface area contributed by atoms with Crippen molar-refractivity contribution >= 4 is 54.9 Å². The van der Waals surface area contributed by atoms with Crippen molar-refractivity contribution in [2.24, 2.45) is 11.1 Å². The molecule has 1 aliphatic rings. The van der Waals surface area contributed by atoms with Crippen molar-refractivity contribution in [3.05, 3.63) is 112 Å². The van der Waals surface area contributed by atoms with E-state index in [1.807, 2.05) is 0 Å². The zero-order valence-corrected chi connectivity index (χ0v) is 29.4. The third-order valence-corrected chi connectivity index (χ3v) is 11.1. The van der Waals surface area contributed by atoms with Crippen LogP contribution in [0, 0.1) is 5.92 Å². The van der Waals surface area contributed by atoms with Crippen LogP contribution in [0.2, 0.25) is 10.0 Å². The van der Waals surface area contributed by atoms with Crippen molar-refractivity contribution in [2.45, 2.75) is 41.3 Å². The minimum absolute atomic E-state index is 0.00774. The van der Waals surface area contributed by atoms with Gasteiger partial charge in [0.1, 0.15) is 15.9 Å². The molecule has 262 valence electrons. The number of nitrogens with zero attached hydrogens (tertiary/aromatic N) is 4. The molecule has 0 spiro atoms. The quantitative estimate of drug-likeness (QED) is 0.134. The van der Waals surface area contributed by atoms with E-state index >= 15 is 0 Å². The molecule has 1 aliphatic carbocycles. The highest BCUT2D eigenvalue weighted by atomic mass is 35.5. The monoisotopic (exact) mass is 759 g/mol. The molecule has 1 saturated carbocycles. The van der Waals surface area contributed by atoms with Gasteiger partial charge in [-0.3, -0.25) is 4.72 Å². The first-order valence-corrected chi connectivity index (χ1v) is 18.8. The van der Waals surface area contributed by atoms with Crippen molar-refractivity contribution in [3.63, 3.8) is 0 Å². The van der Waals surface area contributed by atoms with Crippen LogP contribution in [0.5, 0.6) is 0 Å². The van der Waals surface area contributed by atoms with Crippen LogP contribution in [0.4, 0.5) is 5.69 Å². The van der Waals surface area contributed by atoms with E-state index in [1.54, 1.807) is 54.6 Å². The number of methoxy groups -OCH3 is 1. The number of carbonyl (C=O) groups excluding carboxylic acids is 1. The molecule has 0 aliphatic heterocycles. The van der Waals surface area contributed by atoms with Gasteiger partial charge in [0.25, 0.3) is 10.0 Å². The second-order valence-electron chi connectivity index (χ2n) is 11.7. The molecule has 5 aromatic rings. The van der Waals surface area contributed by atoms with E-state index in [9.17, 15) is 26.7 Å². The van der Waals surface area contributed by atoms with Gasteiger partial charge in [0.05, 0.1) is 54.0 Å². The zero-order chi connectivity index (χ0) is 35.8. The number of aliphatic hydroxyl groups is 1. The van der Waals surface area contributed by atoms with Crippen LogP contribution >= 0.6 is 23.2 Å². The summed E-state index contributed by atoms with van der Waals surface area (Å²) in [5.74, 6) is -1.04. The van der Waals surface area contributed by atoms with E-state index in [4.69, 9.17) is 33.1 Å². The van der Waals surface area contributed by atoms with Crippen LogP contribution in [-0.2, 0) is 31.3 Å². The first-order chi connectivity index (χ1) is 23.7. The van der Waals surface area contributed by atoms with E-state index in [2.05, 4.69) is 20.2 Å². The first kappa shape index (κ1) is 35.5. The molecule has 5 N–H and O–H groups in total. The number of rotatable bonds is 12. The minimum Gasteiger partial charge on any atom is -0.465 e. The lowest BCUT2D eigenvalue weighted by atomic mass is 9.75. The minimum atomic E-state index is -4.18. The normalized spacial score (nSPS) is 16.8. The number of hydrogen-bond donors (Lipinski definition) is 4. The summed E-state index contributed by atoms with van der Waals surface area (Å²) in [6, 6.07) is 17.9. The van der Waals surface area contributed by atoms with E-state index in [1.165, 1.54) is 41.0 Å². The highest BCUT2D eigenvalue weighted by Crippen LogP contribution is 2.40. The Kier molecular flexibility index (Phi) is 10.1. The van der Waals surface area contributed by atoms with E-state index in [0.29, 0.717) is 46.4 Å². The Labute approximate surface area is 297 Å². The molecule has 1 fully saturated rings. The van der Waals surface area contributed by atoms with Gasteiger partial charge in [-0.15, -0.1) is 0 Å². The van der Waals surface area contributed by atoms with Gasteiger partial charge in [0.15, 0.2) is 0 Å². The van der Waals surface area contributed by atoms with E-state index in [-0.39, 0.29) is 38.7 Å². The average molecular weight is 761 g/mol. The Bertz CT molecular complexity index is 2250. The molecule has 1 unspecified atom stereocenters. The second-order valence-corrected chi connectivity index (χ2v) is 15.7. The van der Waals surface area contributed by atoms with Crippen molar-refractivity contribution in [3.8, 4) is 11.4 Å².